The molecule has 0 aliphatic carbocycles. The molecule has 3 heterocycles. The van der Waals surface area contributed by atoms with E-state index in [-0.39, 0.29) is 22.9 Å². The fraction of sp³-hybridized carbons (Fsp3) is 0.0500. The normalized spacial score (nSPS) is 15.0. The molecule has 1 unspecified atom stereocenters. The van der Waals surface area contributed by atoms with Gasteiger partial charge in [-0.15, -0.1) is 0 Å². The molecule has 5 N–H and O–H groups in total. The first-order chi connectivity index (χ1) is 13.5. The molecule has 0 radical (unpaired) electrons. The van der Waals surface area contributed by atoms with Gasteiger partial charge in [0.2, 0.25) is 5.95 Å². The highest BCUT2D eigenvalue weighted by atomic mass is 19.1. The van der Waals surface area contributed by atoms with Crippen LogP contribution in [0.4, 0.5) is 21.8 Å². The van der Waals surface area contributed by atoms with Gasteiger partial charge in [0.15, 0.2) is 0 Å². The van der Waals surface area contributed by atoms with Gasteiger partial charge in [0.05, 0.1) is 28.2 Å². The molecular formula is C20H14FN5O2. The van der Waals surface area contributed by atoms with E-state index in [4.69, 9.17) is 5.73 Å². The molecule has 2 aromatic heterocycles. The van der Waals surface area contributed by atoms with E-state index in [1.54, 1.807) is 18.2 Å². The Morgan fingerprint density at radius 3 is 2.43 bits per heavy atom. The van der Waals surface area contributed by atoms with E-state index in [1.807, 2.05) is 18.2 Å². The Balaban J connectivity index is 1.91. The molecular weight excluding hydrogens is 361 g/mol. The topological polar surface area (TPSA) is 117 Å². The van der Waals surface area contributed by atoms with E-state index in [0.29, 0.717) is 22.3 Å². The SMILES string of the molecule is Nc1nc2c(c(=O)[nH]1)C(c1ccc(F)cc1)c1c(c3ccccc3[nH]c1=O)N2. The van der Waals surface area contributed by atoms with Gasteiger partial charge >= 0.3 is 0 Å². The van der Waals surface area contributed by atoms with Crippen molar-refractivity contribution in [1.29, 1.82) is 0 Å². The van der Waals surface area contributed by atoms with Gasteiger partial charge in [-0.05, 0) is 23.8 Å². The molecule has 0 saturated carbocycles. The van der Waals surface area contributed by atoms with Crippen molar-refractivity contribution < 1.29 is 4.39 Å². The monoisotopic (exact) mass is 375 g/mol. The molecule has 1 aliphatic heterocycles. The highest BCUT2D eigenvalue weighted by molar-refractivity contribution is 5.96. The number of nitrogen functional groups attached to an aromatic ring is 1. The number of H-pyrrole nitrogens is 2. The lowest BCUT2D eigenvalue weighted by Crippen LogP contribution is -2.31. The first-order valence-corrected chi connectivity index (χ1v) is 8.60. The third-order valence-corrected chi connectivity index (χ3v) is 4.96. The smallest absolute Gasteiger partial charge is 0.258 e. The van der Waals surface area contributed by atoms with Gasteiger partial charge in [0, 0.05) is 5.39 Å². The second-order valence-corrected chi connectivity index (χ2v) is 6.61. The van der Waals surface area contributed by atoms with Crippen molar-refractivity contribution in [1.82, 2.24) is 15.0 Å². The van der Waals surface area contributed by atoms with Crippen molar-refractivity contribution in [3.05, 3.63) is 91.7 Å². The number of nitrogens with zero attached hydrogens (tertiary/aromatic N) is 1. The van der Waals surface area contributed by atoms with Crippen molar-refractivity contribution in [2.75, 3.05) is 11.1 Å². The molecule has 8 heteroatoms. The Bertz CT molecular complexity index is 1360. The summed E-state index contributed by atoms with van der Waals surface area (Å²) < 4.78 is 13.5. The number of nitrogens with one attached hydrogen (secondary N) is 3. The van der Waals surface area contributed by atoms with E-state index < -0.39 is 17.3 Å². The largest absolute Gasteiger partial charge is 0.369 e. The molecule has 28 heavy (non-hydrogen) atoms. The molecule has 0 bridgehead atoms. The minimum atomic E-state index is -0.725. The van der Waals surface area contributed by atoms with Crippen LogP contribution < -0.4 is 22.2 Å². The predicted molar refractivity (Wildman–Crippen MR) is 104 cm³/mol. The van der Waals surface area contributed by atoms with E-state index in [0.717, 1.165) is 5.39 Å². The maximum absolute atomic E-state index is 13.5. The van der Waals surface area contributed by atoms with E-state index in [9.17, 15) is 14.0 Å². The average molecular weight is 375 g/mol. The summed E-state index contributed by atoms with van der Waals surface area (Å²) in [5.74, 6) is -0.891. The number of hydrogen-bond donors (Lipinski definition) is 4. The van der Waals surface area contributed by atoms with Crippen molar-refractivity contribution >= 4 is 28.4 Å². The molecule has 0 fully saturated rings. The van der Waals surface area contributed by atoms with Crippen LogP contribution in [0, 0.1) is 5.82 Å². The predicted octanol–water partition coefficient (Wildman–Crippen LogP) is 2.57. The van der Waals surface area contributed by atoms with Gasteiger partial charge in [0.1, 0.15) is 11.6 Å². The molecule has 7 nitrogen and oxygen atoms in total. The quantitative estimate of drug-likeness (QED) is 0.359. The number of hydrogen-bond acceptors (Lipinski definition) is 5. The van der Waals surface area contributed by atoms with Crippen molar-refractivity contribution in [3.8, 4) is 0 Å². The third kappa shape index (κ3) is 2.31. The first kappa shape index (κ1) is 16.2. The number of aromatic nitrogens is 3. The summed E-state index contributed by atoms with van der Waals surface area (Å²) in [4.78, 5) is 35.3. The molecule has 5 rings (SSSR count). The van der Waals surface area contributed by atoms with Crippen LogP contribution in [-0.2, 0) is 0 Å². The van der Waals surface area contributed by atoms with Crippen molar-refractivity contribution in [2.45, 2.75) is 5.92 Å². The van der Waals surface area contributed by atoms with Crippen LogP contribution in [0.15, 0.2) is 58.1 Å². The molecule has 0 amide bonds. The maximum Gasteiger partial charge on any atom is 0.258 e. The van der Waals surface area contributed by atoms with Gasteiger partial charge in [-0.1, -0.05) is 30.3 Å². The van der Waals surface area contributed by atoms with E-state index >= 15 is 0 Å². The van der Waals surface area contributed by atoms with E-state index in [1.165, 1.54) is 12.1 Å². The number of rotatable bonds is 1. The van der Waals surface area contributed by atoms with Gasteiger partial charge in [-0.25, -0.2) is 4.39 Å². The summed E-state index contributed by atoms with van der Waals surface area (Å²) in [6.45, 7) is 0. The van der Waals surface area contributed by atoms with Gasteiger partial charge in [-0.2, -0.15) is 4.98 Å². The summed E-state index contributed by atoms with van der Waals surface area (Å²) in [6.07, 6.45) is 0. The number of aromatic amines is 2. The lowest BCUT2D eigenvalue weighted by atomic mass is 9.82. The maximum atomic E-state index is 13.5. The van der Waals surface area contributed by atoms with Crippen LogP contribution in [-0.4, -0.2) is 15.0 Å². The fourth-order valence-electron chi connectivity index (χ4n) is 3.78. The lowest BCUT2D eigenvalue weighted by Gasteiger charge is -2.28. The van der Waals surface area contributed by atoms with Crippen molar-refractivity contribution in [2.24, 2.45) is 0 Å². The van der Waals surface area contributed by atoms with Crippen LogP contribution in [0.25, 0.3) is 10.9 Å². The third-order valence-electron chi connectivity index (χ3n) is 4.96. The minimum absolute atomic E-state index is 0.0355. The Kier molecular flexibility index (Phi) is 3.35. The van der Waals surface area contributed by atoms with E-state index in [2.05, 4.69) is 20.3 Å². The number of para-hydroxylation sites is 1. The number of pyridine rings is 1. The molecule has 1 atom stereocenters. The Morgan fingerprint density at radius 1 is 0.929 bits per heavy atom. The average Bonchev–Trinajstić information content (AvgIpc) is 2.67. The molecule has 4 aromatic rings. The molecule has 0 spiro atoms. The number of halogens is 1. The second-order valence-electron chi connectivity index (χ2n) is 6.61. The highest BCUT2D eigenvalue weighted by Gasteiger charge is 2.34. The van der Waals surface area contributed by atoms with Gasteiger partial charge in [0.25, 0.3) is 11.1 Å². The highest BCUT2D eigenvalue weighted by Crippen LogP contribution is 2.43. The second kappa shape index (κ2) is 5.78. The van der Waals surface area contributed by atoms with Gasteiger partial charge in [-0.3, -0.25) is 14.6 Å². The van der Waals surface area contributed by atoms with Crippen LogP contribution in [0.1, 0.15) is 22.6 Å². The molecule has 2 aromatic carbocycles. The van der Waals surface area contributed by atoms with Crippen LogP contribution in [0.5, 0.6) is 0 Å². The fourth-order valence-corrected chi connectivity index (χ4v) is 3.78. The summed E-state index contributed by atoms with van der Waals surface area (Å²) in [5.41, 5.74) is 7.37. The first-order valence-electron chi connectivity index (χ1n) is 8.60. The minimum Gasteiger partial charge on any atom is -0.369 e. The number of fused-ring (bicyclic) bond motifs is 4. The Morgan fingerprint density at radius 2 is 1.64 bits per heavy atom. The number of nitrogens with two attached hydrogens (primary N) is 1. The molecule has 0 saturated heterocycles. The van der Waals surface area contributed by atoms with Crippen LogP contribution in [0.3, 0.4) is 0 Å². The molecule has 138 valence electrons. The molecule has 1 aliphatic rings. The van der Waals surface area contributed by atoms with Gasteiger partial charge < -0.3 is 16.0 Å². The summed E-state index contributed by atoms with van der Waals surface area (Å²) >= 11 is 0. The zero-order valence-corrected chi connectivity index (χ0v) is 14.4. The Hall–Kier alpha value is -3.94. The standard InChI is InChI=1S/C20H14FN5O2/c21-10-7-5-9(6-8-10)13-14-16(11-3-1-2-4-12(11)23-18(14)27)24-17-15(13)19(28)26-20(22)25-17/h1-8,13H,(H,23,27)(H4,22,24,25,26,28). The Labute approximate surface area is 157 Å². The van der Waals surface area contributed by atoms with Crippen LogP contribution >= 0.6 is 0 Å². The van der Waals surface area contributed by atoms with Crippen molar-refractivity contribution in [3.63, 3.8) is 0 Å². The summed E-state index contributed by atoms with van der Waals surface area (Å²) in [7, 11) is 0. The number of anilines is 3. The summed E-state index contributed by atoms with van der Waals surface area (Å²) in [5, 5.41) is 3.89. The lowest BCUT2D eigenvalue weighted by molar-refractivity contribution is 0.626. The zero-order chi connectivity index (χ0) is 19.4. The zero-order valence-electron chi connectivity index (χ0n) is 14.4. The van der Waals surface area contributed by atoms with Crippen LogP contribution in [0.2, 0.25) is 0 Å². The summed E-state index contributed by atoms with van der Waals surface area (Å²) in [6, 6.07) is 13.0. The number of benzene rings is 2.